The van der Waals surface area contributed by atoms with Crippen molar-refractivity contribution in [2.75, 3.05) is 18.1 Å². The van der Waals surface area contributed by atoms with Crippen molar-refractivity contribution in [1.82, 2.24) is 9.55 Å². The molecule has 0 unspecified atom stereocenters. The largest absolute Gasteiger partial charge is 0.494 e. The van der Waals surface area contributed by atoms with Gasteiger partial charge in [-0.25, -0.2) is 4.98 Å². The first kappa shape index (κ1) is 22.5. The number of ether oxygens (including phenoxy) is 1. The van der Waals surface area contributed by atoms with Gasteiger partial charge in [0.2, 0.25) is 5.91 Å². The Labute approximate surface area is 204 Å². The molecule has 1 saturated heterocycles. The maximum Gasteiger partial charge on any atom is 0.227 e. The number of rotatable bonds is 7. The van der Waals surface area contributed by atoms with E-state index in [1.54, 1.807) is 0 Å². The minimum Gasteiger partial charge on any atom is -0.494 e. The van der Waals surface area contributed by atoms with E-state index in [-0.39, 0.29) is 11.8 Å². The molecule has 1 aromatic heterocycles. The third kappa shape index (κ3) is 4.66. The van der Waals surface area contributed by atoms with Crippen LogP contribution in [0.2, 0.25) is 5.02 Å². The van der Waals surface area contributed by atoms with Gasteiger partial charge in [-0.15, -0.1) is 0 Å². The average Bonchev–Trinajstić information content (AvgIpc) is 3.37. The molecule has 4 aromatic rings. The van der Waals surface area contributed by atoms with Gasteiger partial charge < -0.3 is 14.2 Å². The summed E-state index contributed by atoms with van der Waals surface area (Å²) in [5.41, 5.74) is 5.34. The molecule has 2 heterocycles. The van der Waals surface area contributed by atoms with Gasteiger partial charge in [-0.1, -0.05) is 29.8 Å². The van der Waals surface area contributed by atoms with Crippen molar-refractivity contribution >= 4 is 34.2 Å². The van der Waals surface area contributed by atoms with Crippen LogP contribution in [-0.2, 0) is 11.3 Å². The molecule has 1 atom stereocenters. The molecule has 3 aromatic carbocycles. The third-order valence-electron chi connectivity index (χ3n) is 6.30. The summed E-state index contributed by atoms with van der Waals surface area (Å²) in [6.45, 7) is 6.18. The molecule has 1 fully saturated rings. The number of aryl methyl sites for hydroxylation is 3. The quantitative estimate of drug-likeness (QED) is 0.296. The molecule has 1 amide bonds. The van der Waals surface area contributed by atoms with Gasteiger partial charge in [0.15, 0.2) is 0 Å². The molecular weight excluding hydrogens is 446 g/mol. The van der Waals surface area contributed by atoms with E-state index < -0.39 is 0 Å². The Morgan fingerprint density at radius 1 is 1.03 bits per heavy atom. The predicted molar refractivity (Wildman–Crippen MR) is 137 cm³/mol. The van der Waals surface area contributed by atoms with E-state index in [1.807, 2.05) is 47.4 Å². The second-order valence-electron chi connectivity index (χ2n) is 9.02. The molecular formula is C28H28ClN3O2. The number of halogens is 1. The van der Waals surface area contributed by atoms with E-state index in [0.717, 1.165) is 41.3 Å². The fourth-order valence-corrected chi connectivity index (χ4v) is 4.95. The standard InChI is InChI=1S/C28H28ClN3O2/c1-19-14-20(2)16-24(15-19)34-13-5-12-31-26-7-4-3-6-25(26)30-28(31)21-17-27(33)32(18-21)23-10-8-22(29)9-11-23/h3-4,6-11,14-16,21H,5,12-13,17-18H2,1-2H3/t21-/m1/s1. The number of aromatic nitrogens is 2. The summed E-state index contributed by atoms with van der Waals surface area (Å²) in [5, 5.41) is 0.664. The lowest BCUT2D eigenvalue weighted by atomic mass is 10.1. The Hall–Kier alpha value is -3.31. The van der Waals surface area contributed by atoms with E-state index in [0.29, 0.717) is 24.6 Å². The Bertz CT molecular complexity index is 1310. The van der Waals surface area contributed by atoms with Gasteiger partial charge in [-0.2, -0.15) is 0 Å². The van der Waals surface area contributed by atoms with E-state index in [1.165, 1.54) is 11.1 Å². The molecule has 174 valence electrons. The zero-order chi connectivity index (χ0) is 23.7. The third-order valence-corrected chi connectivity index (χ3v) is 6.55. The van der Waals surface area contributed by atoms with Crippen molar-refractivity contribution in [3.63, 3.8) is 0 Å². The number of benzene rings is 3. The van der Waals surface area contributed by atoms with Gasteiger partial charge in [-0.3, -0.25) is 4.79 Å². The minimum atomic E-state index is 0.0379. The number of hydrogen-bond donors (Lipinski definition) is 0. The van der Waals surface area contributed by atoms with Crippen molar-refractivity contribution in [3.8, 4) is 5.75 Å². The van der Waals surface area contributed by atoms with Crippen molar-refractivity contribution in [2.24, 2.45) is 0 Å². The highest BCUT2D eigenvalue weighted by Gasteiger charge is 2.34. The molecule has 1 aliphatic heterocycles. The summed E-state index contributed by atoms with van der Waals surface area (Å²) < 4.78 is 8.31. The van der Waals surface area contributed by atoms with Crippen LogP contribution < -0.4 is 9.64 Å². The first-order valence-corrected chi connectivity index (χ1v) is 12.1. The fourth-order valence-electron chi connectivity index (χ4n) is 4.82. The van der Waals surface area contributed by atoms with Crippen LogP contribution in [0.3, 0.4) is 0 Å². The van der Waals surface area contributed by atoms with E-state index in [4.69, 9.17) is 21.3 Å². The normalized spacial score (nSPS) is 15.9. The smallest absolute Gasteiger partial charge is 0.227 e. The topological polar surface area (TPSA) is 47.4 Å². The number of fused-ring (bicyclic) bond motifs is 1. The summed E-state index contributed by atoms with van der Waals surface area (Å²) in [4.78, 5) is 19.7. The van der Waals surface area contributed by atoms with Gasteiger partial charge in [-0.05, 0) is 79.9 Å². The number of nitrogens with zero attached hydrogens (tertiary/aromatic N) is 3. The van der Waals surface area contributed by atoms with Gasteiger partial charge in [0.1, 0.15) is 11.6 Å². The Balaban J connectivity index is 1.34. The number of para-hydroxylation sites is 2. The maximum atomic E-state index is 12.9. The zero-order valence-corrected chi connectivity index (χ0v) is 20.3. The highest BCUT2D eigenvalue weighted by Crippen LogP contribution is 2.33. The van der Waals surface area contributed by atoms with Crippen LogP contribution in [0.25, 0.3) is 11.0 Å². The monoisotopic (exact) mass is 473 g/mol. The number of carbonyl (C=O) groups is 1. The number of anilines is 1. The average molecular weight is 474 g/mol. The Morgan fingerprint density at radius 2 is 1.76 bits per heavy atom. The molecule has 34 heavy (non-hydrogen) atoms. The number of imidazole rings is 1. The van der Waals surface area contributed by atoms with Gasteiger partial charge in [0.05, 0.1) is 17.6 Å². The second kappa shape index (κ2) is 9.51. The van der Waals surface area contributed by atoms with Crippen molar-refractivity contribution in [2.45, 2.75) is 39.2 Å². The lowest BCUT2D eigenvalue weighted by molar-refractivity contribution is -0.117. The molecule has 0 radical (unpaired) electrons. The highest BCUT2D eigenvalue weighted by atomic mass is 35.5. The van der Waals surface area contributed by atoms with Crippen LogP contribution >= 0.6 is 11.6 Å². The molecule has 0 N–H and O–H groups in total. The van der Waals surface area contributed by atoms with Crippen LogP contribution in [0.15, 0.2) is 66.7 Å². The van der Waals surface area contributed by atoms with Crippen molar-refractivity contribution < 1.29 is 9.53 Å². The summed E-state index contributed by atoms with van der Waals surface area (Å²) in [5.74, 6) is 2.03. The fraction of sp³-hybridized carbons (Fsp3) is 0.286. The Kier molecular flexibility index (Phi) is 6.29. The SMILES string of the molecule is Cc1cc(C)cc(OCCCn2c([C@@H]3CC(=O)N(c4ccc(Cl)cc4)C3)nc3ccccc32)c1. The van der Waals surface area contributed by atoms with E-state index in [9.17, 15) is 4.79 Å². The number of hydrogen-bond acceptors (Lipinski definition) is 3. The molecule has 5 nitrogen and oxygen atoms in total. The highest BCUT2D eigenvalue weighted by molar-refractivity contribution is 6.30. The minimum absolute atomic E-state index is 0.0379. The maximum absolute atomic E-state index is 12.9. The predicted octanol–water partition coefficient (Wildman–Crippen LogP) is 6.30. The van der Waals surface area contributed by atoms with Crippen LogP contribution in [0.5, 0.6) is 5.75 Å². The van der Waals surface area contributed by atoms with Gasteiger partial charge in [0, 0.05) is 36.1 Å². The zero-order valence-electron chi connectivity index (χ0n) is 19.5. The molecule has 0 aliphatic carbocycles. The molecule has 1 aliphatic rings. The molecule has 0 saturated carbocycles. The molecule has 0 spiro atoms. The van der Waals surface area contributed by atoms with Gasteiger partial charge in [0.25, 0.3) is 0 Å². The Morgan fingerprint density at radius 3 is 2.53 bits per heavy atom. The lowest BCUT2D eigenvalue weighted by Crippen LogP contribution is -2.24. The van der Waals surface area contributed by atoms with Crippen LogP contribution in [0, 0.1) is 13.8 Å². The summed E-state index contributed by atoms with van der Waals surface area (Å²) in [6.07, 6.45) is 1.30. The lowest BCUT2D eigenvalue weighted by Gasteiger charge is -2.17. The second-order valence-corrected chi connectivity index (χ2v) is 9.45. The van der Waals surface area contributed by atoms with Crippen molar-refractivity contribution in [1.29, 1.82) is 0 Å². The van der Waals surface area contributed by atoms with Crippen LogP contribution in [0.4, 0.5) is 5.69 Å². The molecule has 0 bridgehead atoms. The summed E-state index contributed by atoms with van der Waals surface area (Å²) in [7, 11) is 0. The molecule has 6 heteroatoms. The summed E-state index contributed by atoms with van der Waals surface area (Å²) in [6, 6.07) is 21.9. The van der Waals surface area contributed by atoms with E-state index in [2.05, 4.69) is 42.7 Å². The van der Waals surface area contributed by atoms with Crippen LogP contribution in [-0.4, -0.2) is 28.6 Å². The van der Waals surface area contributed by atoms with Crippen molar-refractivity contribution in [3.05, 3.63) is 88.7 Å². The first-order valence-electron chi connectivity index (χ1n) is 11.7. The molecule has 5 rings (SSSR count). The number of carbonyl (C=O) groups excluding carboxylic acids is 1. The summed E-state index contributed by atoms with van der Waals surface area (Å²) >= 11 is 6.03. The van der Waals surface area contributed by atoms with Gasteiger partial charge >= 0.3 is 0 Å². The van der Waals surface area contributed by atoms with E-state index >= 15 is 0 Å². The van der Waals surface area contributed by atoms with Crippen LogP contribution in [0.1, 0.15) is 35.7 Å². The first-order chi connectivity index (χ1) is 16.5. The number of amides is 1.